The van der Waals surface area contributed by atoms with Crippen molar-refractivity contribution >= 4 is 39.4 Å². The Bertz CT molecular complexity index is 1520. The van der Waals surface area contributed by atoms with Crippen LogP contribution in [-0.4, -0.2) is 44.6 Å². The molecule has 0 radical (unpaired) electrons. The number of rotatable bonds is 11. The molecule has 198 valence electrons. The first-order chi connectivity index (χ1) is 18.9. The Morgan fingerprint density at radius 1 is 0.872 bits per heavy atom. The van der Waals surface area contributed by atoms with E-state index in [1.165, 1.54) is 30.7 Å². The minimum Gasteiger partial charge on any atom is -0.484 e. The highest BCUT2D eigenvalue weighted by Gasteiger charge is 2.27. The molecule has 1 aromatic heterocycles. The van der Waals surface area contributed by atoms with Crippen LogP contribution in [0.4, 0.5) is 11.4 Å². The number of ether oxygens (including phenoxy) is 1. The highest BCUT2D eigenvalue weighted by atomic mass is 32.2. The molecule has 0 saturated heterocycles. The number of hydrogen-bond acceptors (Lipinski definition) is 7. The first-order valence-corrected chi connectivity index (χ1v) is 13.2. The zero-order valence-corrected chi connectivity index (χ0v) is 21.5. The van der Waals surface area contributed by atoms with E-state index < -0.39 is 22.5 Å². The van der Waals surface area contributed by atoms with Crippen LogP contribution in [0.1, 0.15) is 5.56 Å². The molecular weight excluding hydrogens is 518 g/mol. The summed E-state index contributed by atoms with van der Waals surface area (Å²) in [7, 11) is -4.02. The summed E-state index contributed by atoms with van der Waals surface area (Å²) in [5.74, 6) is -0.444. The number of nitrogens with one attached hydrogen (secondary N) is 2. The number of pyridine rings is 1. The zero-order valence-electron chi connectivity index (χ0n) is 20.7. The molecule has 10 nitrogen and oxygen atoms in total. The number of nitrogens with zero attached hydrogens (tertiary/aromatic N) is 3. The molecule has 0 aliphatic carbocycles. The number of carbonyl (C=O) groups is 2. The molecule has 4 rings (SSSR count). The third kappa shape index (κ3) is 7.73. The van der Waals surface area contributed by atoms with Gasteiger partial charge in [-0.15, -0.1) is 0 Å². The summed E-state index contributed by atoms with van der Waals surface area (Å²) in [6, 6.07) is 26.7. The number of hydrogen-bond donors (Lipinski definition) is 2. The van der Waals surface area contributed by atoms with Gasteiger partial charge in [-0.05, 0) is 66.2 Å². The van der Waals surface area contributed by atoms with Crippen LogP contribution in [0.2, 0.25) is 0 Å². The number of aromatic nitrogens is 1. The van der Waals surface area contributed by atoms with Gasteiger partial charge in [0.1, 0.15) is 12.3 Å². The van der Waals surface area contributed by atoms with E-state index in [0.29, 0.717) is 17.0 Å². The number of hydrazone groups is 1. The molecular formula is C28H25N5O5S. The van der Waals surface area contributed by atoms with Gasteiger partial charge in [0.05, 0.1) is 23.0 Å². The van der Waals surface area contributed by atoms with E-state index in [1.54, 1.807) is 66.7 Å². The minimum atomic E-state index is -4.02. The number of sulfonamides is 1. The molecule has 0 aliphatic heterocycles. The molecule has 0 aliphatic rings. The lowest BCUT2D eigenvalue weighted by atomic mass is 10.2. The maximum absolute atomic E-state index is 13.2. The molecule has 0 atom stereocenters. The summed E-state index contributed by atoms with van der Waals surface area (Å²) < 4.78 is 32.9. The Morgan fingerprint density at radius 2 is 1.56 bits per heavy atom. The van der Waals surface area contributed by atoms with Crippen molar-refractivity contribution in [2.75, 3.05) is 22.8 Å². The van der Waals surface area contributed by atoms with E-state index in [1.807, 2.05) is 18.2 Å². The Kier molecular flexibility index (Phi) is 8.99. The quantitative estimate of drug-likeness (QED) is 0.220. The van der Waals surface area contributed by atoms with Gasteiger partial charge in [0, 0.05) is 11.9 Å². The average Bonchev–Trinajstić information content (AvgIpc) is 2.97. The smallest absolute Gasteiger partial charge is 0.264 e. The van der Waals surface area contributed by atoms with Crippen molar-refractivity contribution in [1.29, 1.82) is 0 Å². The predicted molar refractivity (Wildman–Crippen MR) is 148 cm³/mol. The summed E-state index contributed by atoms with van der Waals surface area (Å²) >= 11 is 0. The molecule has 0 unspecified atom stereocenters. The van der Waals surface area contributed by atoms with Crippen LogP contribution in [-0.2, 0) is 19.6 Å². The third-order valence-electron chi connectivity index (χ3n) is 5.26. The van der Waals surface area contributed by atoms with E-state index >= 15 is 0 Å². The lowest BCUT2D eigenvalue weighted by Gasteiger charge is -2.23. The molecule has 0 fully saturated rings. The summed E-state index contributed by atoms with van der Waals surface area (Å²) in [5, 5.41) is 6.66. The van der Waals surface area contributed by atoms with Crippen LogP contribution in [0.5, 0.6) is 5.75 Å². The van der Waals surface area contributed by atoms with Gasteiger partial charge in [-0.1, -0.05) is 36.4 Å². The molecule has 11 heteroatoms. The van der Waals surface area contributed by atoms with Crippen LogP contribution in [0, 0.1) is 0 Å². The lowest BCUT2D eigenvalue weighted by Crippen LogP contribution is -2.39. The summed E-state index contributed by atoms with van der Waals surface area (Å²) in [4.78, 5) is 28.7. The molecule has 0 saturated carbocycles. The molecule has 0 bridgehead atoms. The molecule has 39 heavy (non-hydrogen) atoms. The van der Waals surface area contributed by atoms with E-state index in [9.17, 15) is 18.0 Å². The van der Waals surface area contributed by atoms with E-state index in [0.717, 1.165) is 4.31 Å². The molecule has 3 aromatic carbocycles. The number of benzene rings is 3. The fraction of sp³-hybridized carbons (Fsp3) is 0.0714. The van der Waals surface area contributed by atoms with Crippen LogP contribution in [0.15, 0.2) is 119 Å². The highest BCUT2D eigenvalue weighted by molar-refractivity contribution is 7.92. The number of carbonyl (C=O) groups excluding carboxylic acids is 2. The summed E-state index contributed by atoms with van der Waals surface area (Å²) in [6.07, 6.45) is 4.28. The van der Waals surface area contributed by atoms with Crippen LogP contribution >= 0.6 is 0 Å². The van der Waals surface area contributed by atoms with Crippen molar-refractivity contribution in [2.45, 2.75) is 4.90 Å². The fourth-order valence-corrected chi connectivity index (χ4v) is 4.83. The van der Waals surface area contributed by atoms with Gasteiger partial charge in [0.25, 0.3) is 21.8 Å². The van der Waals surface area contributed by atoms with Gasteiger partial charge >= 0.3 is 0 Å². The Morgan fingerprint density at radius 3 is 2.23 bits per heavy atom. The molecule has 2 N–H and O–H groups in total. The van der Waals surface area contributed by atoms with Gasteiger partial charge < -0.3 is 10.1 Å². The van der Waals surface area contributed by atoms with Gasteiger partial charge in [0.15, 0.2) is 6.61 Å². The maximum Gasteiger partial charge on any atom is 0.264 e. The van der Waals surface area contributed by atoms with Gasteiger partial charge in [-0.3, -0.25) is 18.9 Å². The number of amides is 2. The Balaban J connectivity index is 1.32. The highest BCUT2D eigenvalue weighted by Crippen LogP contribution is 2.22. The first-order valence-electron chi connectivity index (χ1n) is 11.8. The van der Waals surface area contributed by atoms with E-state index in [4.69, 9.17) is 4.74 Å². The van der Waals surface area contributed by atoms with E-state index in [-0.39, 0.29) is 23.1 Å². The van der Waals surface area contributed by atoms with Crippen molar-refractivity contribution in [3.8, 4) is 5.75 Å². The van der Waals surface area contributed by atoms with Crippen LogP contribution in [0.25, 0.3) is 0 Å². The second kappa shape index (κ2) is 13.0. The topological polar surface area (TPSA) is 130 Å². The van der Waals surface area contributed by atoms with Gasteiger partial charge in [0.2, 0.25) is 0 Å². The zero-order chi connectivity index (χ0) is 27.5. The van der Waals surface area contributed by atoms with Gasteiger partial charge in [-0.2, -0.15) is 5.10 Å². The third-order valence-corrected chi connectivity index (χ3v) is 7.05. The van der Waals surface area contributed by atoms with Gasteiger partial charge in [-0.25, -0.2) is 13.8 Å². The molecule has 1 heterocycles. The maximum atomic E-state index is 13.2. The monoisotopic (exact) mass is 543 g/mol. The van der Waals surface area contributed by atoms with Crippen molar-refractivity contribution in [1.82, 2.24) is 10.4 Å². The summed E-state index contributed by atoms with van der Waals surface area (Å²) in [6.45, 7) is -0.657. The summed E-state index contributed by atoms with van der Waals surface area (Å²) in [5.41, 5.74) is 3.93. The number of para-hydroxylation sites is 1. The second-order valence-electron chi connectivity index (χ2n) is 8.10. The Labute approximate surface area is 226 Å². The molecule has 2 amide bonds. The first kappa shape index (κ1) is 27.0. The number of anilines is 2. The lowest BCUT2D eigenvalue weighted by molar-refractivity contribution is -0.119. The van der Waals surface area contributed by atoms with Crippen molar-refractivity contribution < 1.29 is 22.7 Å². The molecule has 0 spiro atoms. The van der Waals surface area contributed by atoms with Crippen LogP contribution < -0.4 is 19.8 Å². The van der Waals surface area contributed by atoms with Crippen molar-refractivity contribution in [2.24, 2.45) is 5.10 Å². The average molecular weight is 544 g/mol. The largest absolute Gasteiger partial charge is 0.484 e. The van der Waals surface area contributed by atoms with Crippen molar-refractivity contribution in [3.05, 3.63) is 115 Å². The standard InChI is InChI=1S/C28H25N5O5S/c34-27(20-33(24-10-7-17-29-19-24)39(36,37)26-11-5-2-6-12-26)32-30-18-22-13-15-25(16-14-22)38-21-28(35)31-23-8-3-1-4-9-23/h1-19H,20-21H2,(H,31,35)(H,32,34)/b30-18-. The Hall–Kier alpha value is -5.03. The van der Waals surface area contributed by atoms with Crippen LogP contribution in [0.3, 0.4) is 0 Å². The minimum absolute atomic E-state index is 0.0463. The second-order valence-corrected chi connectivity index (χ2v) is 9.96. The molecule has 4 aromatic rings. The van der Waals surface area contributed by atoms with E-state index in [2.05, 4.69) is 20.8 Å². The SMILES string of the molecule is O=C(CN(c1cccnc1)S(=O)(=O)c1ccccc1)N/N=C\c1ccc(OCC(=O)Nc2ccccc2)cc1. The fourth-order valence-electron chi connectivity index (χ4n) is 3.40. The van der Waals surface area contributed by atoms with Crippen molar-refractivity contribution in [3.63, 3.8) is 0 Å². The predicted octanol–water partition coefficient (Wildman–Crippen LogP) is 3.44. The normalized spacial score (nSPS) is 11.1.